The molecule has 1 aromatic carbocycles. The summed E-state index contributed by atoms with van der Waals surface area (Å²) in [5.74, 6) is 0.467. The quantitative estimate of drug-likeness (QED) is 0.421. The number of benzene rings is 1. The Bertz CT molecular complexity index is 369. The highest BCUT2D eigenvalue weighted by atomic mass is 127. The number of halogens is 2. The molecule has 82 valence electrons. The van der Waals surface area contributed by atoms with Crippen molar-refractivity contribution in [2.45, 2.75) is 19.8 Å². The topological polar surface area (TPSA) is 35.9 Å². The van der Waals surface area contributed by atoms with Gasteiger partial charge in [-0.25, -0.2) is 0 Å². The van der Waals surface area contributed by atoms with Crippen molar-refractivity contribution < 1.29 is 0 Å². The van der Waals surface area contributed by atoms with Crippen LogP contribution in [0, 0.1) is 5.41 Å². The van der Waals surface area contributed by atoms with Gasteiger partial charge in [0.15, 0.2) is 0 Å². The average molecular weight is 399 g/mol. The lowest BCUT2D eigenvalue weighted by molar-refractivity contribution is 0.861. The lowest BCUT2D eigenvalue weighted by Gasteiger charge is -2.14. The van der Waals surface area contributed by atoms with Crippen LogP contribution in [-0.4, -0.2) is 6.21 Å². The van der Waals surface area contributed by atoms with Crippen LogP contribution in [0.3, 0.4) is 0 Å². The Morgan fingerprint density at radius 1 is 1.53 bits per heavy atom. The van der Waals surface area contributed by atoms with E-state index in [0.29, 0.717) is 12.3 Å². The summed E-state index contributed by atoms with van der Waals surface area (Å²) in [5.41, 5.74) is 3.20. The van der Waals surface area contributed by atoms with Gasteiger partial charge in [-0.15, -0.1) is 0 Å². The zero-order valence-corrected chi connectivity index (χ0v) is 13.3. The van der Waals surface area contributed by atoms with Gasteiger partial charge in [0.1, 0.15) is 0 Å². The molecule has 0 radical (unpaired) electrons. The third kappa shape index (κ3) is 3.14. The second kappa shape index (κ2) is 6.16. The van der Waals surface area contributed by atoms with Gasteiger partial charge < -0.3 is 10.5 Å². The third-order valence-electron chi connectivity index (χ3n) is 2.16. The molecule has 1 unspecified atom stereocenters. The van der Waals surface area contributed by atoms with Crippen LogP contribution in [0.25, 0.3) is 0 Å². The fraction of sp³-hybridized carbons (Fsp3) is 0.300. The molecule has 2 nitrogen and oxygen atoms in total. The molecule has 0 heterocycles. The molecule has 0 amide bonds. The Balaban J connectivity index is 3.25. The number of anilines is 1. The zero-order valence-electron chi connectivity index (χ0n) is 8.57. The minimum Gasteiger partial charge on any atom is -0.358 e. The summed E-state index contributed by atoms with van der Waals surface area (Å²) >= 11 is 5.86. The fourth-order valence-corrected chi connectivity index (χ4v) is 3.47. The van der Waals surface area contributed by atoms with E-state index in [1.165, 1.54) is 11.8 Å². The lowest BCUT2D eigenvalue weighted by atomic mass is 10.0. The smallest absolute Gasteiger partial charge is 0.0476 e. The van der Waals surface area contributed by atoms with Crippen LogP contribution in [0.2, 0.25) is 0 Å². The maximum Gasteiger partial charge on any atom is 0.0476 e. The summed E-state index contributed by atoms with van der Waals surface area (Å²) < 4.78 is 1.03. The molecular weight excluding hydrogens is 386 g/mol. The van der Waals surface area contributed by atoms with E-state index < -0.39 is 0 Å². The molecule has 0 bridgehead atoms. The molecule has 1 rings (SSSR count). The predicted octanol–water partition coefficient (Wildman–Crippen LogP) is 4.93. The minimum absolute atomic E-state index is 0.467. The van der Waals surface area contributed by atoms with Crippen molar-refractivity contribution >= 4 is 56.2 Å². The number of nitrogens with one attached hydrogen (secondary N) is 2. The maximum absolute atomic E-state index is 7.45. The number of rotatable bonds is 4. The van der Waals surface area contributed by atoms with Gasteiger partial charge in [-0.3, -0.25) is 0 Å². The average Bonchev–Trinajstić information content (AvgIpc) is 2.18. The Hall–Kier alpha value is 0.330. The number of hydrogen-bond donors (Lipinski definition) is 2. The molecule has 1 aromatic rings. The summed E-state index contributed by atoms with van der Waals surface area (Å²) in [7, 11) is 0. The fourth-order valence-electron chi connectivity index (χ4n) is 1.36. The van der Waals surface area contributed by atoms with Gasteiger partial charge in [0, 0.05) is 28.3 Å². The molecule has 0 fully saturated rings. The van der Waals surface area contributed by atoms with E-state index in [2.05, 4.69) is 63.0 Å². The first-order chi connectivity index (χ1) is 7.11. The summed E-state index contributed by atoms with van der Waals surface area (Å²) in [5, 5.41) is 10.7. The Labute approximate surface area is 114 Å². The van der Waals surface area contributed by atoms with E-state index in [0.717, 1.165) is 15.7 Å². The minimum atomic E-state index is 0.467. The van der Waals surface area contributed by atoms with Gasteiger partial charge >= 0.3 is 0 Å². The summed E-state index contributed by atoms with van der Waals surface area (Å²) in [6, 6.07) is 4.16. The van der Waals surface area contributed by atoms with Gasteiger partial charge in [-0.05, 0) is 55.5 Å². The van der Waals surface area contributed by atoms with Crippen LogP contribution in [0.1, 0.15) is 30.9 Å². The van der Waals surface area contributed by atoms with Crippen molar-refractivity contribution in [3.05, 3.63) is 27.7 Å². The second-order valence-corrected chi connectivity index (χ2v) is 6.30. The van der Waals surface area contributed by atoms with Gasteiger partial charge in [0.2, 0.25) is 0 Å². The van der Waals surface area contributed by atoms with Crippen molar-refractivity contribution in [2.24, 2.45) is 0 Å². The molecule has 0 aromatic heterocycles. The standard InChI is InChI=1S/C10H13BrIN2P/c1-6(2)7-3-4-9(14-15-12)8(5-13)10(7)11/h3-6,13-15H,1-2H3. The molecule has 0 aliphatic heterocycles. The SMILES string of the molecule is CC(C)c1ccc(NPI)c(C=N)c1Br. The predicted molar refractivity (Wildman–Crippen MR) is 82.1 cm³/mol. The molecular formula is C10H13BrIN2P. The van der Waals surface area contributed by atoms with Gasteiger partial charge in [-0.1, -0.05) is 19.9 Å². The summed E-state index contributed by atoms with van der Waals surface area (Å²) in [6.07, 6.45) is 2.02. The van der Waals surface area contributed by atoms with Crippen molar-refractivity contribution in [3.8, 4) is 0 Å². The highest BCUT2D eigenvalue weighted by molar-refractivity contribution is 14.2. The van der Waals surface area contributed by atoms with Crippen molar-refractivity contribution in [1.82, 2.24) is 0 Å². The normalized spacial score (nSPS) is 11.3. The van der Waals surface area contributed by atoms with E-state index in [1.807, 2.05) is 6.07 Å². The molecule has 2 N–H and O–H groups in total. The lowest BCUT2D eigenvalue weighted by Crippen LogP contribution is -1.97. The van der Waals surface area contributed by atoms with E-state index in [1.54, 1.807) is 0 Å². The van der Waals surface area contributed by atoms with E-state index in [9.17, 15) is 0 Å². The zero-order chi connectivity index (χ0) is 11.4. The molecule has 0 saturated carbocycles. The van der Waals surface area contributed by atoms with E-state index >= 15 is 0 Å². The second-order valence-electron chi connectivity index (χ2n) is 3.45. The molecule has 0 saturated heterocycles. The van der Waals surface area contributed by atoms with Gasteiger partial charge in [-0.2, -0.15) is 0 Å². The van der Waals surface area contributed by atoms with Crippen LogP contribution in [0.15, 0.2) is 16.6 Å². The monoisotopic (exact) mass is 398 g/mol. The molecule has 0 aliphatic carbocycles. The van der Waals surface area contributed by atoms with Crippen molar-refractivity contribution in [2.75, 3.05) is 5.09 Å². The van der Waals surface area contributed by atoms with Gasteiger partial charge in [0.25, 0.3) is 0 Å². The summed E-state index contributed by atoms with van der Waals surface area (Å²) in [6.45, 7) is 4.31. The van der Waals surface area contributed by atoms with Crippen LogP contribution in [-0.2, 0) is 0 Å². The van der Waals surface area contributed by atoms with Gasteiger partial charge in [0.05, 0.1) is 0 Å². The van der Waals surface area contributed by atoms with Crippen molar-refractivity contribution in [3.63, 3.8) is 0 Å². The van der Waals surface area contributed by atoms with Crippen LogP contribution in [0.4, 0.5) is 5.69 Å². The van der Waals surface area contributed by atoms with E-state index in [-0.39, 0.29) is 0 Å². The first kappa shape index (κ1) is 13.4. The highest BCUT2D eigenvalue weighted by Gasteiger charge is 2.11. The first-order valence-electron chi connectivity index (χ1n) is 4.56. The molecule has 5 heteroatoms. The third-order valence-corrected chi connectivity index (χ3v) is 4.22. The largest absolute Gasteiger partial charge is 0.358 e. The Morgan fingerprint density at radius 2 is 2.20 bits per heavy atom. The van der Waals surface area contributed by atoms with Crippen LogP contribution >= 0.6 is 44.3 Å². The molecule has 1 atom stereocenters. The first-order valence-corrected chi connectivity index (χ1v) is 9.47. The summed E-state index contributed by atoms with van der Waals surface area (Å²) in [4.78, 5) is 0. The maximum atomic E-state index is 7.45. The van der Waals surface area contributed by atoms with Crippen molar-refractivity contribution in [1.29, 1.82) is 5.41 Å². The highest BCUT2D eigenvalue weighted by Crippen LogP contribution is 2.34. The van der Waals surface area contributed by atoms with E-state index in [4.69, 9.17) is 5.41 Å². The Kier molecular flexibility index (Phi) is 5.50. The number of hydrogen-bond acceptors (Lipinski definition) is 2. The Morgan fingerprint density at radius 3 is 2.67 bits per heavy atom. The molecule has 0 aliphatic rings. The van der Waals surface area contributed by atoms with Crippen LogP contribution < -0.4 is 5.09 Å². The molecule has 0 spiro atoms. The molecule has 15 heavy (non-hydrogen) atoms. The van der Waals surface area contributed by atoms with Crippen LogP contribution in [0.5, 0.6) is 0 Å².